The Balaban J connectivity index is 1.59. The van der Waals surface area contributed by atoms with Gasteiger partial charge in [-0.05, 0) is 25.8 Å². The first kappa shape index (κ1) is 17.9. The van der Waals surface area contributed by atoms with E-state index >= 15 is 0 Å². The van der Waals surface area contributed by atoms with Gasteiger partial charge in [-0.15, -0.1) is 0 Å². The summed E-state index contributed by atoms with van der Waals surface area (Å²) in [5.41, 5.74) is 0.870. The number of ether oxygens (including phenoxy) is 2. The summed E-state index contributed by atoms with van der Waals surface area (Å²) in [5.74, 6) is 1.35. The number of nitrogens with zero attached hydrogens (tertiary/aromatic N) is 5. The van der Waals surface area contributed by atoms with E-state index in [1.807, 2.05) is 19.2 Å². The molecule has 0 aromatic carbocycles. The molecule has 4 heterocycles. The van der Waals surface area contributed by atoms with Crippen LogP contribution in [0.5, 0.6) is 0 Å². The molecule has 2 aromatic rings. The maximum atomic E-state index is 12.1. The minimum Gasteiger partial charge on any atom is -0.466 e. The van der Waals surface area contributed by atoms with Crippen LogP contribution in [0.15, 0.2) is 18.5 Å². The van der Waals surface area contributed by atoms with Crippen LogP contribution in [0.3, 0.4) is 0 Å². The van der Waals surface area contributed by atoms with Crippen molar-refractivity contribution in [3.8, 4) is 0 Å². The van der Waals surface area contributed by atoms with Crippen LogP contribution >= 0.6 is 0 Å². The van der Waals surface area contributed by atoms with Crippen molar-refractivity contribution in [1.29, 1.82) is 0 Å². The van der Waals surface area contributed by atoms with Crippen LogP contribution < -0.4 is 9.80 Å². The number of hydrogen-bond acceptors (Lipinski definition) is 8. The molecule has 0 saturated carbocycles. The topological polar surface area (TPSA) is 80.7 Å². The molecule has 4 rings (SSSR count). The molecule has 0 aliphatic carbocycles. The van der Waals surface area contributed by atoms with Crippen molar-refractivity contribution < 1.29 is 14.3 Å². The van der Waals surface area contributed by atoms with Crippen molar-refractivity contribution >= 4 is 28.6 Å². The van der Waals surface area contributed by atoms with Gasteiger partial charge >= 0.3 is 5.97 Å². The number of anilines is 2. The van der Waals surface area contributed by atoms with E-state index in [1.54, 1.807) is 6.20 Å². The Morgan fingerprint density at radius 2 is 2.11 bits per heavy atom. The second kappa shape index (κ2) is 8.04. The highest BCUT2D eigenvalue weighted by Crippen LogP contribution is 2.28. The highest BCUT2D eigenvalue weighted by atomic mass is 16.5. The van der Waals surface area contributed by atoms with E-state index < -0.39 is 0 Å². The van der Waals surface area contributed by atoms with Gasteiger partial charge in [-0.2, -0.15) is 0 Å². The third-order valence-electron chi connectivity index (χ3n) is 5.11. The van der Waals surface area contributed by atoms with Crippen LogP contribution in [-0.2, 0) is 14.3 Å². The normalized spacial score (nSPS) is 20.7. The predicted octanol–water partition coefficient (Wildman–Crippen LogP) is 1.64. The van der Waals surface area contributed by atoms with Gasteiger partial charge in [0, 0.05) is 38.6 Å². The van der Waals surface area contributed by atoms with Gasteiger partial charge in [0.25, 0.3) is 0 Å². The second-order valence-electron chi connectivity index (χ2n) is 6.87. The quantitative estimate of drug-likeness (QED) is 0.751. The summed E-state index contributed by atoms with van der Waals surface area (Å²) in [5, 5.41) is 0.916. The van der Waals surface area contributed by atoms with Crippen LogP contribution in [0.2, 0.25) is 0 Å². The molecular weight excluding hydrogens is 346 g/mol. The van der Waals surface area contributed by atoms with Gasteiger partial charge in [-0.1, -0.05) is 0 Å². The van der Waals surface area contributed by atoms with Crippen LogP contribution in [-0.4, -0.2) is 66.9 Å². The van der Waals surface area contributed by atoms with Crippen molar-refractivity contribution in [3.63, 3.8) is 0 Å². The molecule has 1 unspecified atom stereocenters. The fraction of sp³-hybridized carbons (Fsp3) is 0.579. The number of piperidine rings is 1. The molecule has 2 aliphatic heterocycles. The number of hydrogen-bond donors (Lipinski definition) is 0. The largest absolute Gasteiger partial charge is 0.466 e. The molecule has 0 amide bonds. The van der Waals surface area contributed by atoms with Gasteiger partial charge < -0.3 is 19.3 Å². The number of fused-ring (bicyclic) bond motifs is 1. The van der Waals surface area contributed by atoms with Crippen LogP contribution in [0.4, 0.5) is 11.8 Å². The highest BCUT2D eigenvalue weighted by Gasteiger charge is 2.28. The Bertz CT molecular complexity index is 809. The first-order valence-electron chi connectivity index (χ1n) is 9.62. The fourth-order valence-corrected chi connectivity index (χ4v) is 3.72. The average Bonchev–Trinajstić information content (AvgIpc) is 2.74. The summed E-state index contributed by atoms with van der Waals surface area (Å²) in [6.07, 6.45) is 5.43. The van der Waals surface area contributed by atoms with Gasteiger partial charge in [0.05, 0.1) is 36.6 Å². The second-order valence-corrected chi connectivity index (χ2v) is 6.87. The molecule has 8 heteroatoms. The summed E-state index contributed by atoms with van der Waals surface area (Å²) in [4.78, 5) is 30.3. The van der Waals surface area contributed by atoms with E-state index in [4.69, 9.17) is 14.5 Å². The molecule has 144 valence electrons. The summed E-state index contributed by atoms with van der Waals surface area (Å²) in [7, 11) is 0. The molecule has 0 spiro atoms. The van der Waals surface area contributed by atoms with E-state index in [9.17, 15) is 4.79 Å². The third-order valence-corrected chi connectivity index (χ3v) is 5.11. The smallest absolute Gasteiger partial charge is 0.310 e. The number of morpholine rings is 1. The summed E-state index contributed by atoms with van der Waals surface area (Å²) < 4.78 is 10.6. The van der Waals surface area contributed by atoms with Crippen molar-refractivity contribution in [2.45, 2.75) is 19.8 Å². The van der Waals surface area contributed by atoms with E-state index in [-0.39, 0.29) is 11.9 Å². The number of carbonyl (C=O) groups excluding carboxylic acids is 1. The minimum absolute atomic E-state index is 0.107. The zero-order valence-electron chi connectivity index (χ0n) is 15.6. The summed E-state index contributed by atoms with van der Waals surface area (Å²) in [6.45, 7) is 6.75. The van der Waals surface area contributed by atoms with Gasteiger partial charge in [0.1, 0.15) is 5.82 Å². The number of rotatable bonds is 4. The van der Waals surface area contributed by atoms with Gasteiger partial charge in [0.2, 0.25) is 5.95 Å². The van der Waals surface area contributed by atoms with E-state index in [0.29, 0.717) is 26.4 Å². The Hall–Kier alpha value is -2.48. The van der Waals surface area contributed by atoms with Crippen LogP contribution in [0.25, 0.3) is 10.9 Å². The number of aromatic nitrogens is 3. The Labute approximate surface area is 158 Å². The zero-order valence-corrected chi connectivity index (χ0v) is 15.6. The molecule has 8 nitrogen and oxygen atoms in total. The molecule has 0 bridgehead atoms. The van der Waals surface area contributed by atoms with E-state index in [2.05, 4.69) is 19.8 Å². The summed E-state index contributed by atoms with van der Waals surface area (Å²) in [6, 6.07) is 1.91. The lowest BCUT2D eigenvalue weighted by molar-refractivity contribution is -0.148. The molecule has 27 heavy (non-hydrogen) atoms. The monoisotopic (exact) mass is 371 g/mol. The Morgan fingerprint density at radius 1 is 1.26 bits per heavy atom. The molecule has 1 atom stereocenters. The highest BCUT2D eigenvalue weighted by molar-refractivity contribution is 5.89. The molecular formula is C19H25N5O3. The lowest BCUT2D eigenvalue weighted by atomic mass is 9.98. The van der Waals surface area contributed by atoms with Crippen molar-refractivity contribution in [2.24, 2.45) is 5.92 Å². The van der Waals surface area contributed by atoms with Crippen molar-refractivity contribution in [3.05, 3.63) is 18.5 Å². The third kappa shape index (κ3) is 3.80. The lowest BCUT2D eigenvalue weighted by Gasteiger charge is -2.33. The maximum absolute atomic E-state index is 12.1. The molecule has 0 radical (unpaired) electrons. The fourth-order valence-electron chi connectivity index (χ4n) is 3.72. The molecule has 2 fully saturated rings. The molecule has 2 saturated heterocycles. The van der Waals surface area contributed by atoms with Gasteiger partial charge in [0.15, 0.2) is 0 Å². The van der Waals surface area contributed by atoms with Crippen molar-refractivity contribution in [1.82, 2.24) is 15.0 Å². The molecule has 0 N–H and O–H groups in total. The first-order valence-corrected chi connectivity index (χ1v) is 9.62. The molecule has 2 aromatic heterocycles. The first-order chi connectivity index (χ1) is 13.3. The van der Waals surface area contributed by atoms with Gasteiger partial charge in [-0.3, -0.25) is 4.79 Å². The maximum Gasteiger partial charge on any atom is 0.310 e. The zero-order chi connectivity index (χ0) is 18.6. The number of carbonyl (C=O) groups is 1. The van der Waals surface area contributed by atoms with E-state index in [1.165, 1.54) is 0 Å². The van der Waals surface area contributed by atoms with Crippen molar-refractivity contribution in [2.75, 3.05) is 55.8 Å². The van der Waals surface area contributed by atoms with E-state index in [0.717, 1.165) is 55.1 Å². The standard InChI is InChI=1S/C19H25N5O3/c1-2-27-18(25)14-4-3-7-24(13-14)17-15-12-21-19(22-16(15)5-6-20-17)23-8-10-26-11-9-23/h5-6,12,14H,2-4,7-11,13H2,1H3. The Kier molecular flexibility index (Phi) is 5.33. The van der Waals surface area contributed by atoms with Crippen LogP contribution in [0, 0.1) is 5.92 Å². The number of esters is 1. The van der Waals surface area contributed by atoms with Crippen LogP contribution in [0.1, 0.15) is 19.8 Å². The SMILES string of the molecule is CCOC(=O)C1CCCN(c2nccc3nc(N4CCOCC4)ncc23)C1. The minimum atomic E-state index is -0.117. The number of pyridine rings is 1. The lowest BCUT2D eigenvalue weighted by Crippen LogP contribution is -2.40. The molecule has 2 aliphatic rings. The van der Waals surface area contributed by atoms with Gasteiger partial charge in [-0.25, -0.2) is 15.0 Å². The Morgan fingerprint density at radius 3 is 2.93 bits per heavy atom. The summed E-state index contributed by atoms with van der Waals surface area (Å²) >= 11 is 0. The predicted molar refractivity (Wildman–Crippen MR) is 102 cm³/mol. The average molecular weight is 371 g/mol.